The molecule has 1 N–H and O–H groups in total. The molecule has 1 aliphatic rings. The summed E-state index contributed by atoms with van der Waals surface area (Å²) in [7, 11) is 3.23. The number of benzene rings is 1. The summed E-state index contributed by atoms with van der Waals surface area (Å²) in [5.74, 6) is 1.92. The number of thiazole rings is 1. The molecule has 170 valence electrons. The van der Waals surface area contributed by atoms with Crippen LogP contribution in [0.5, 0.6) is 11.5 Å². The minimum atomic E-state index is 0.00572. The van der Waals surface area contributed by atoms with E-state index < -0.39 is 0 Å². The van der Waals surface area contributed by atoms with E-state index in [9.17, 15) is 4.79 Å². The number of amides is 1. The predicted octanol–water partition coefficient (Wildman–Crippen LogP) is 3.23. The maximum Gasteiger partial charge on any atom is 0.226 e. The summed E-state index contributed by atoms with van der Waals surface area (Å²) in [5.41, 5.74) is 1.72. The number of aromatic nitrogens is 1. The summed E-state index contributed by atoms with van der Waals surface area (Å²) in [4.78, 5) is 19.7. The zero-order valence-electron chi connectivity index (χ0n) is 18.8. The summed E-state index contributed by atoms with van der Waals surface area (Å²) < 4.78 is 16.1. The lowest BCUT2D eigenvalue weighted by atomic mass is 10.0. The van der Waals surface area contributed by atoms with Crippen molar-refractivity contribution in [3.05, 3.63) is 29.3 Å². The minimum absolute atomic E-state index is 0.00572. The zero-order chi connectivity index (χ0) is 22.2. The Hall–Kier alpha value is -2.16. The first-order valence-corrected chi connectivity index (χ1v) is 11.6. The van der Waals surface area contributed by atoms with Crippen LogP contribution in [0.3, 0.4) is 0 Å². The number of hydrogen-bond donors (Lipinski definition) is 1. The van der Waals surface area contributed by atoms with Crippen LogP contribution in [0.4, 0.5) is 0 Å². The van der Waals surface area contributed by atoms with Crippen LogP contribution >= 0.6 is 11.3 Å². The Morgan fingerprint density at radius 2 is 1.97 bits per heavy atom. The average Bonchev–Trinajstić information content (AvgIpc) is 3.24. The molecule has 1 fully saturated rings. The second-order valence-electron chi connectivity index (χ2n) is 8.13. The van der Waals surface area contributed by atoms with Crippen LogP contribution in [0.15, 0.2) is 23.6 Å². The Bertz CT molecular complexity index is 849. The van der Waals surface area contributed by atoms with Gasteiger partial charge >= 0.3 is 0 Å². The monoisotopic (exact) mass is 447 g/mol. The van der Waals surface area contributed by atoms with Crippen molar-refractivity contribution >= 4 is 17.2 Å². The Morgan fingerprint density at radius 3 is 2.65 bits per heavy atom. The van der Waals surface area contributed by atoms with E-state index in [1.165, 1.54) is 11.3 Å². The van der Waals surface area contributed by atoms with Crippen LogP contribution in [0.25, 0.3) is 10.6 Å². The van der Waals surface area contributed by atoms with Gasteiger partial charge in [0.05, 0.1) is 39.5 Å². The van der Waals surface area contributed by atoms with Crippen molar-refractivity contribution in [3.8, 4) is 22.1 Å². The number of nitrogens with zero attached hydrogens (tertiary/aromatic N) is 2. The van der Waals surface area contributed by atoms with Gasteiger partial charge in [0.2, 0.25) is 5.91 Å². The normalized spacial score (nSPS) is 15.6. The molecule has 1 aromatic heterocycles. The molecule has 0 saturated carbocycles. The molecule has 1 aromatic carbocycles. The van der Waals surface area contributed by atoms with Crippen molar-refractivity contribution in [2.45, 2.75) is 32.7 Å². The summed E-state index contributed by atoms with van der Waals surface area (Å²) >= 11 is 1.52. The van der Waals surface area contributed by atoms with Crippen LogP contribution in [0, 0.1) is 5.92 Å². The quantitative estimate of drug-likeness (QED) is 0.603. The fourth-order valence-electron chi connectivity index (χ4n) is 3.80. The van der Waals surface area contributed by atoms with Crippen molar-refractivity contribution in [1.82, 2.24) is 15.2 Å². The predicted molar refractivity (Wildman–Crippen MR) is 123 cm³/mol. The molecule has 7 nitrogen and oxygen atoms in total. The van der Waals surface area contributed by atoms with Crippen molar-refractivity contribution in [3.63, 3.8) is 0 Å². The molecule has 0 radical (unpaired) electrons. The first-order chi connectivity index (χ1) is 15.0. The number of carbonyl (C=O) groups is 1. The van der Waals surface area contributed by atoms with Gasteiger partial charge in [-0.25, -0.2) is 4.98 Å². The molecule has 0 bridgehead atoms. The van der Waals surface area contributed by atoms with Gasteiger partial charge in [-0.15, -0.1) is 11.3 Å². The SMILES string of the molecule is COc1ccc(-c2nc(CC(=O)NCC(CC(C)C)N3CCOCC3)cs2)cc1OC. The molecule has 1 aliphatic heterocycles. The van der Waals surface area contributed by atoms with Gasteiger partial charge < -0.3 is 19.5 Å². The van der Waals surface area contributed by atoms with E-state index in [1.807, 2.05) is 23.6 Å². The number of methoxy groups -OCH3 is 2. The largest absolute Gasteiger partial charge is 0.493 e. The molecule has 1 saturated heterocycles. The van der Waals surface area contributed by atoms with Gasteiger partial charge in [-0.1, -0.05) is 13.8 Å². The van der Waals surface area contributed by atoms with Gasteiger partial charge in [0.25, 0.3) is 0 Å². The second kappa shape index (κ2) is 11.5. The zero-order valence-corrected chi connectivity index (χ0v) is 19.7. The highest BCUT2D eigenvalue weighted by atomic mass is 32.1. The maximum atomic E-state index is 12.6. The molecule has 1 unspecified atom stereocenters. The first kappa shape index (κ1) is 23.5. The van der Waals surface area contributed by atoms with E-state index in [0.717, 1.165) is 49.0 Å². The number of rotatable bonds is 10. The van der Waals surface area contributed by atoms with E-state index in [2.05, 4.69) is 29.0 Å². The highest BCUT2D eigenvalue weighted by Gasteiger charge is 2.22. The lowest BCUT2D eigenvalue weighted by Crippen LogP contribution is -2.49. The number of hydrogen-bond acceptors (Lipinski definition) is 7. The van der Waals surface area contributed by atoms with E-state index >= 15 is 0 Å². The molecule has 8 heteroatoms. The number of morpholine rings is 1. The third-order valence-corrected chi connectivity index (χ3v) is 6.30. The number of ether oxygens (including phenoxy) is 3. The standard InChI is InChI=1S/C23H33N3O4S/c1-16(2)11-19(26-7-9-30-10-8-26)14-24-22(27)13-18-15-31-23(25-18)17-5-6-20(28-3)21(12-17)29-4/h5-6,12,15-16,19H,7-11,13-14H2,1-4H3,(H,24,27). The number of carbonyl (C=O) groups excluding carboxylic acids is 1. The fraction of sp³-hybridized carbons (Fsp3) is 0.565. The lowest BCUT2D eigenvalue weighted by molar-refractivity contribution is -0.120. The van der Waals surface area contributed by atoms with E-state index in [1.54, 1.807) is 14.2 Å². The molecule has 1 atom stereocenters. The smallest absolute Gasteiger partial charge is 0.226 e. The Balaban J connectivity index is 1.57. The molecule has 1 amide bonds. The van der Waals surface area contributed by atoms with Crippen LogP contribution < -0.4 is 14.8 Å². The van der Waals surface area contributed by atoms with Crippen LogP contribution in [-0.2, 0) is 16.0 Å². The first-order valence-electron chi connectivity index (χ1n) is 10.8. The van der Waals surface area contributed by atoms with E-state index in [4.69, 9.17) is 14.2 Å². The van der Waals surface area contributed by atoms with Gasteiger partial charge in [-0.3, -0.25) is 9.69 Å². The highest BCUT2D eigenvalue weighted by Crippen LogP contribution is 2.33. The van der Waals surface area contributed by atoms with Gasteiger partial charge in [-0.05, 0) is 30.5 Å². The Kier molecular flexibility index (Phi) is 8.69. The molecule has 31 heavy (non-hydrogen) atoms. The maximum absolute atomic E-state index is 12.6. The summed E-state index contributed by atoms with van der Waals surface area (Å²) in [5, 5.41) is 5.92. The molecular weight excluding hydrogens is 414 g/mol. The van der Waals surface area contributed by atoms with Crippen molar-refractivity contribution in [2.75, 3.05) is 47.1 Å². The van der Waals surface area contributed by atoms with E-state index in [-0.39, 0.29) is 12.3 Å². The topological polar surface area (TPSA) is 72.9 Å². The van der Waals surface area contributed by atoms with Gasteiger partial charge in [0.15, 0.2) is 11.5 Å². The van der Waals surface area contributed by atoms with Crippen molar-refractivity contribution in [2.24, 2.45) is 5.92 Å². The van der Waals surface area contributed by atoms with E-state index in [0.29, 0.717) is 30.0 Å². The fourth-order valence-corrected chi connectivity index (χ4v) is 4.61. The average molecular weight is 448 g/mol. The summed E-state index contributed by atoms with van der Waals surface area (Å²) in [6.07, 6.45) is 1.34. The van der Waals surface area contributed by atoms with Gasteiger partial charge in [0.1, 0.15) is 5.01 Å². The Morgan fingerprint density at radius 1 is 1.23 bits per heavy atom. The molecule has 0 aliphatic carbocycles. The third-order valence-electron chi connectivity index (χ3n) is 5.36. The van der Waals surface area contributed by atoms with Crippen LogP contribution in [-0.4, -0.2) is 68.9 Å². The Labute approximate surface area is 188 Å². The number of nitrogens with one attached hydrogen (secondary N) is 1. The van der Waals surface area contributed by atoms with Crippen molar-refractivity contribution < 1.29 is 19.0 Å². The highest BCUT2D eigenvalue weighted by molar-refractivity contribution is 7.13. The minimum Gasteiger partial charge on any atom is -0.493 e. The van der Waals surface area contributed by atoms with Crippen LogP contribution in [0.2, 0.25) is 0 Å². The van der Waals surface area contributed by atoms with Gasteiger partial charge in [-0.2, -0.15) is 0 Å². The van der Waals surface area contributed by atoms with Crippen molar-refractivity contribution in [1.29, 1.82) is 0 Å². The summed E-state index contributed by atoms with van der Waals surface area (Å²) in [6, 6.07) is 6.05. The van der Waals surface area contributed by atoms with Crippen LogP contribution in [0.1, 0.15) is 26.0 Å². The van der Waals surface area contributed by atoms with Gasteiger partial charge in [0, 0.05) is 36.6 Å². The molecule has 0 spiro atoms. The molecule has 2 heterocycles. The summed E-state index contributed by atoms with van der Waals surface area (Å²) in [6.45, 7) is 8.48. The lowest BCUT2D eigenvalue weighted by Gasteiger charge is -2.35. The molecule has 2 aromatic rings. The molecule has 3 rings (SSSR count). The molecular formula is C23H33N3O4S. The second-order valence-corrected chi connectivity index (χ2v) is 8.98. The third kappa shape index (κ3) is 6.66.